The van der Waals surface area contributed by atoms with Crippen molar-refractivity contribution in [3.63, 3.8) is 0 Å². The summed E-state index contributed by atoms with van der Waals surface area (Å²) in [6.45, 7) is 5.20. The van der Waals surface area contributed by atoms with Crippen molar-refractivity contribution >= 4 is 20.0 Å². The maximum absolute atomic E-state index is 12.0. The highest BCUT2D eigenvalue weighted by Gasteiger charge is 2.19. The van der Waals surface area contributed by atoms with E-state index in [1.165, 1.54) is 18.2 Å². The monoisotopic (exact) mass is 304 g/mol. The zero-order valence-corrected chi connectivity index (χ0v) is 12.0. The SMILES string of the molecule is C=CCC(C)NS(=O)(=O)c1cccc(S(N)(=O)=O)c1. The molecule has 0 aliphatic heterocycles. The summed E-state index contributed by atoms with van der Waals surface area (Å²) in [5.41, 5.74) is 0. The lowest BCUT2D eigenvalue weighted by Gasteiger charge is -2.12. The van der Waals surface area contributed by atoms with Crippen LogP contribution in [0, 0.1) is 0 Å². The van der Waals surface area contributed by atoms with E-state index in [-0.39, 0.29) is 15.8 Å². The molecular weight excluding hydrogens is 288 g/mol. The third-order valence-electron chi connectivity index (χ3n) is 2.32. The van der Waals surface area contributed by atoms with Crippen molar-refractivity contribution in [2.75, 3.05) is 0 Å². The predicted octanol–water partition coefficient (Wildman–Crippen LogP) is 0.577. The average molecular weight is 304 g/mol. The molecule has 1 aromatic rings. The van der Waals surface area contributed by atoms with Crippen molar-refractivity contribution in [1.29, 1.82) is 0 Å². The van der Waals surface area contributed by atoms with Gasteiger partial charge in [0.05, 0.1) is 9.79 Å². The van der Waals surface area contributed by atoms with Gasteiger partial charge in [0.2, 0.25) is 20.0 Å². The molecule has 0 spiro atoms. The molecule has 1 aromatic carbocycles. The van der Waals surface area contributed by atoms with E-state index in [0.29, 0.717) is 6.42 Å². The molecule has 0 radical (unpaired) electrons. The maximum Gasteiger partial charge on any atom is 0.240 e. The number of hydrogen-bond donors (Lipinski definition) is 2. The molecule has 6 nitrogen and oxygen atoms in total. The molecule has 1 atom stereocenters. The maximum atomic E-state index is 12.0. The van der Waals surface area contributed by atoms with E-state index in [9.17, 15) is 16.8 Å². The van der Waals surface area contributed by atoms with Gasteiger partial charge in [0, 0.05) is 6.04 Å². The quantitative estimate of drug-likeness (QED) is 0.749. The number of nitrogens with one attached hydrogen (secondary N) is 1. The predicted molar refractivity (Wildman–Crippen MR) is 72.4 cm³/mol. The Hall–Kier alpha value is -1.22. The number of nitrogens with two attached hydrogens (primary N) is 1. The van der Waals surface area contributed by atoms with Crippen LogP contribution in [0.1, 0.15) is 13.3 Å². The molecule has 0 heterocycles. The molecule has 0 saturated carbocycles. The summed E-state index contributed by atoms with van der Waals surface area (Å²) < 4.78 is 48.8. The number of sulfonamides is 2. The van der Waals surface area contributed by atoms with Crippen molar-refractivity contribution in [3.05, 3.63) is 36.9 Å². The number of rotatable bonds is 6. The minimum Gasteiger partial charge on any atom is -0.225 e. The van der Waals surface area contributed by atoms with Crippen LogP contribution in [0.5, 0.6) is 0 Å². The Labute approximate surface area is 113 Å². The molecule has 0 aliphatic rings. The van der Waals surface area contributed by atoms with E-state index in [1.54, 1.807) is 13.0 Å². The van der Waals surface area contributed by atoms with E-state index in [1.807, 2.05) is 0 Å². The molecule has 3 N–H and O–H groups in total. The summed E-state index contributed by atoms with van der Waals surface area (Å²) in [7, 11) is -7.71. The summed E-state index contributed by atoms with van der Waals surface area (Å²) in [6.07, 6.45) is 2.06. The zero-order valence-electron chi connectivity index (χ0n) is 10.4. The standard InChI is InChI=1S/C11H16N2O4S2/c1-3-5-9(2)13-19(16,17)11-7-4-6-10(8-11)18(12,14)15/h3-4,6-9,13H,1,5H2,2H3,(H2,12,14,15). The largest absolute Gasteiger partial charge is 0.240 e. The first kappa shape index (κ1) is 15.8. The molecule has 0 aliphatic carbocycles. The Morgan fingerprint density at radius 1 is 1.32 bits per heavy atom. The minimum absolute atomic E-state index is 0.144. The van der Waals surface area contributed by atoms with Crippen LogP contribution in [0.25, 0.3) is 0 Å². The van der Waals surface area contributed by atoms with Crippen molar-refractivity contribution in [2.24, 2.45) is 5.14 Å². The lowest BCUT2D eigenvalue weighted by Crippen LogP contribution is -2.32. The van der Waals surface area contributed by atoms with Crippen LogP contribution in [0.3, 0.4) is 0 Å². The van der Waals surface area contributed by atoms with E-state index in [4.69, 9.17) is 5.14 Å². The fourth-order valence-electron chi connectivity index (χ4n) is 1.45. The summed E-state index contributed by atoms with van der Waals surface area (Å²) in [5.74, 6) is 0. The third kappa shape index (κ3) is 4.43. The second kappa shape index (κ2) is 5.83. The van der Waals surface area contributed by atoms with Gasteiger partial charge in [-0.25, -0.2) is 26.7 Å². The molecule has 0 saturated heterocycles. The van der Waals surface area contributed by atoms with Gasteiger partial charge in [-0.05, 0) is 31.5 Å². The Bertz CT molecular complexity index is 666. The molecule has 106 valence electrons. The summed E-state index contributed by atoms with van der Waals surface area (Å²) in [6, 6.07) is 4.56. The van der Waals surface area contributed by atoms with E-state index in [2.05, 4.69) is 11.3 Å². The summed E-state index contributed by atoms with van der Waals surface area (Å²) >= 11 is 0. The van der Waals surface area contributed by atoms with Gasteiger partial charge >= 0.3 is 0 Å². The van der Waals surface area contributed by atoms with Gasteiger partial charge in [-0.2, -0.15) is 0 Å². The summed E-state index contributed by atoms with van der Waals surface area (Å²) in [4.78, 5) is -0.387. The minimum atomic E-state index is -3.93. The lowest BCUT2D eigenvalue weighted by atomic mass is 10.3. The molecule has 0 fully saturated rings. The van der Waals surface area contributed by atoms with Crippen LogP contribution in [0.15, 0.2) is 46.7 Å². The highest BCUT2D eigenvalue weighted by Crippen LogP contribution is 2.15. The number of primary sulfonamides is 1. The van der Waals surface area contributed by atoms with Crippen LogP contribution >= 0.6 is 0 Å². The van der Waals surface area contributed by atoms with Gasteiger partial charge in [-0.1, -0.05) is 12.1 Å². The molecular formula is C11H16N2O4S2. The fraction of sp³-hybridized carbons (Fsp3) is 0.273. The molecule has 19 heavy (non-hydrogen) atoms. The van der Waals surface area contributed by atoms with Gasteiger partial charge in [0.25, 0.3) is 0 Å². The van der Waals surface area contributed by atoms with Crippen LogP contribution in [0.2, 0.25) is 0 Å². The van der Waals surface area contributed by atoms with Gasteiger partial charge in [-0.15, -0.1) is 6.58 Å². The average Bonchev–Trinajstić information content (AvgIpc) is 2.27. The van der Waals surface area contributed by atoms with Gasteiger partial charge in [0.15, 0.2) is 0 Å². The van der Waals surface area contributed by atoms with Gasteiger partial charge < -0.3 is 0 Å². The molecule has 0 amide bonds. The molecule has 8 heteroatoms. The summed E-state index contributed by atoms with van der Waals surface area (Å²) in [5, 5.41) is 4.96. The van der Waals surface area contributed by atoms with Crippen LogP contribution in [-0.4, -0.2) is 22.9 Å². The Morgan fingerprint density at radius 3 is 2.42 bits per heavy atom. The normalized spacial score (nSPS) is 14.0. The lowest BCUT2D eigenvalue weighted by molar-refractivity contribution is 0.562. The second-order valence-corrected chi connectivity index (χ2v) is 7.34. The fourth-order valence-corrected chi connectivity index (χ4v) is 3.39. The zero-order chi connectivity index (χ0) is 14.7. The first-order valence-corrected chi connectivity index (χ1v) is 8.46. The van der Waals surface area contributed by atoms with Crippen molar-refractivity contribution in [1.82, 2.24) is 4.72 Å². The van der Waals surface area contributed by atoms with E-state index >= 15 is 0 Å². The van der Waals surface area contributed by atoms with Crippen molar-refractivity contribution in [3.8, 4) is 0 Å². The third-order valence-corrected chi connectivity index (χ3v) is 4.82. The van der Waals surface area contributed by atoms with Gasteiger partial charge in [-0.3, -0.25) is 0 Å². The van der Waals surface area contributed by atoms with Crippen LogP contribution in [-0.2, 0) is 20.0 Å². The molecule has 0 aromatic heterocycles. The van der Waals surface area contributed by atoms with E-state index in [0.717, 1.165) is 6.07 Å². The number of hydrogen-bond acceptors (Lipinski definition) is 4. The Balaban J connectivity index is 3.12. The van der Waals surface area contributed by atoms with Crippen LogP contribution in [0.4, 0.5) is 0 Å². The van der Waals surface area contributed by atoms with Gasteiger partial charge in [0.1, 0.15) is 0 Å². The highest BCUT2D eigenvalue weighted by molar-refractivity contribution is 7.90. The smallest absolute Gasteiger partial charge is 0.225 e. The van der Waals surface area contributed by atoms with Crippen molar-refractivity contribution in [2.45, 2.75) is 29.2 Å². The Morgan fingerprint density at radius 2 is 1.89 bits per heavy atom. The Kier molecular flexibility index (Phi) is 4.86. The first-order chi connectivity index (χ1) is 8.66. The van der Waals surface area contributed by atoms with Crippen molar-refractivity contribution < 1.29 is 16.8 Å². The first-order valence-electron chi connectivity index (χ1n) is 5.43. The highest BCUT2D eigenvalue weighted by atomic mass is 32.2. The van der Waals surface area contributed by atoms with E-state index < -0.39 is 20.0 Å². The number of benzene rings is 1. The molecule has 0 bridgehead atoms. The molecule has 1 rings (SSSR count). The van der Waals surface area contributed by atoms with Crippen LogP contribution < -0.4 is 9.86 Å². The second-order valence-electron chi connectivity index (χ2n) is 4.07. The topological polar surface area (TPSA) is 106 Å². The molecule has 1 unspecified atom stereocenters.